The number of methoxy groups -OCH3 is 2. The molecular formula is C25H33N3O8S. The molecule has 2 aromatic rings. The van der Waals surface area contributed by atoms with Crippen LogP contribution in [0.4, 0.5) is 0 Å². The van der Waals surface area contributed by atoms with Crippen molar-refractivity contribution >= 4 is 21.8 Å². The Balaban J connectivity index is 1.50. The molecule has 0 aromatic heterocycles. The SMILES string of the molecule is COc1ccc(OCCCCC(=O)NC2CCN(S(=O)(=O)c3ccc(OC)cc3)C(C(=O)NO)C2)cc1. The molecule has 3 rings (SSSR count). The third kappa shape index (κ3) is 7.57. The fourth-order valence-corrected chi connectivity index (χ4v) is 5.72. The monoisotopic (exact) mass is 535 g/mol. The third-order valence-corrected chi connectivity index (χ3v) is 8.05. The Morgan fingerprint density at radius 3 is 2.16 bits per heavy atom. The van der Waals surface area contributed by atoms with Crippen LogP contribution in [-0.4, -0.2) is 69.2 Å². The average molecular weight is 536 g/mol. The Labute approximate surface area is 216 Å². The van der Waals surface area contributed by atoms with Crippen LogP contribution in [0.3, 0.4) is 0 Å². The van der Waals surface area contributed by atoms with Gasteiger partial charge in [-0.1, -0.05) is 0 Å². The smallest absolute Gasteiger partial charge is 0.261 e. The minimum absolute atomic E-state index is 0.00313. The zero-order valence-corrected chi connectivity index (χ0v) is 21.7. The second-order valence-corrected chi connectivity index (χ2v) is 10.4. The van der Waals surface area contributed by atoms with Gasteiger partial charge in [0, 0.05) is 19.0 Å². The lowest BCUT2D eigenvalue weighted by atomic mass is 9.98. The highest BCUT2D eigenvalue weighted by molar-refractivity contribution is 7.89. The number of nitrogens with one attached hydrogen (secondary N) is 2. The number of benzene rings is 2. The van der Waals surface area contributed by atoms with Crippen LogP contribution in [0.5, 0.6) is 17.2 Å². The molecule has 3 N–H and O–H groups in total. The maximum atomic E-state index is 13.2. The fourth-order valence-electron chi connectivity index (χ4n) is 4.11. The first-order valence-electron chi connectivity index (χ1n) is 11.9. The van der Waals surface area contributed by atoms with Gasteiger partial charge in [0.25, 0.3) is 5.91 Å². The number of amides is 2. The van der Waals surface area contributed by atoms with Gasteiger partial charge in [-0.2, -0.15) is 4.31 Å². The zero-order chi connectivity index (χ0) is 26.8. The van der Waals surface area contributed by atoms with E-state index in [1.54, 1.807) is 24.7 Å². The Morgan fingerprint density at radius 2 is 1.57 bits per heavy atom. The van der Waals surface area contributed by atoms with Gasteiger partial charge in [0.05, 0.1) is 25.7 Å². The van der Waals surface area contributed by atoms with Crippen LogP contribution < -0.4 is 25.0 Å². The van der Waals surface area contributed by atoms with Crippen molar-refractivity contribution in [3.8, 4) is 17.2 Å². The molecule has 12 heteroatoms. The van der Waals surface area contributed by atoms with Crippen molar-refractivity contribution in [1.29, 1.82) is 0 Å². The summed E-state index contributed by atoms with van der Waals surface area (Å²) in [5, 5.41) is 12.1. The highest BCUT2D eigenvalue weighted by Gasteiger charge is 2.41. The highest BCUT2D eigenvalue weighted by Crippen LogP contribution is 2.27. The maximum absolute atomic E-state index is 13.2. The van der Waals surface area contributed by atoms with Crippen LogP contribution in [0.25, 0.3) is 0 Å². The molecule has 1 aliphatic heterocycles. The molecule has 0 radical (unpaired) electrons. The molecule has 2 unspecified atom stereocenters. The van der Waals surface area contributed by atoms with E-state index in [-0.39, 0.29) is 30.2 Å². The Morgan fingerprint density at radius 1 is 0.973 bits per heavy atom. The highest BCUT2D eigenvalue weighted by atomic mass is 32.2. The predicted octanol–water partition coefficient (Wildman–Crippen LogP) is 2.10. The van der Waals surface area contributed by atoms with E-state index in [4.69, 9.17) is 14.2 Å². The summed E-state index contributed by atoms with van der Waals surface area (Å²) in [7, 11) is -0.952. The first-order valence-corrected chi connectivity index (χ1v) is 13.4. The molecule has 37 heavy (non-hydrogen) atoms. The number of unbranched alkanes of at least 4 members (excludes halogenated alkanes) is 1. The summed E-state index contributed by atoms with van der Waals surface area (Å²) in [6, 6.07) is 11.5. The first-order chi connectivity index (χ1) is 17.8. The van der Waals surface area contributed by atoms with E-state index < -0.39 is 28.0 Å². The largest absolute Gasteiger partial charge is 0.497 e. The Hall–Kier alpha value is -3.35. The van der Waals surface area contributed by atoms with Crippen molar-refractivity contribution < 1.29 is 37.4 Å². The van der Waals surface area contributed by atoms with Crippen LogP contribution in [0.1, 0.15) is 32.1 Å². The molecular weight excluding hydrogens is 502 g/mol. The summed E-state index contributed by atoms with van der Waals surface area (Å²) >= 11 is 0. The van der Waals surface area contributed by atoms with E-state index in [0.29, 0.717) is 31.6 Å². The molecule has 0 bridgehead atoms. The summed E-state index contributed by atoms with van der Waals surface area (Å²) in [4.78, 5) is 24.8. The summed E-state index contributed by atoms with van der Waals surface area (Å²) in [6.45, 7) is 0.465. The van der Waals surface area contributed by atoms with Crippen molar-refractivity contribution in [2.45, 2.75) is 49.1 Å². The minimum Gasteiger partial charge on any atom is -0.497 e. The summed E-state index contributed by atoms with van der Waals surface area (Å²) in [5.74, 6) is 0.912. The number of nitrogens with zero attached hydrogens (tertiary/aromatic N) is 1. The van der Waals surface area contributed by atoms with Gasteiger partial charge < -0.3 is 19.5 Å². The number of piperidine rings is 1. The number of sulfonamides is 1. The molecule has 11 nitrogen and oxygen atoms in total. The molecule has 1 aliphatic rings. The second kappa shape index (κ2) is 13.3. The summed E-state index contributed by atoms with van der Waals surface area (Å²) in [5.41, 5.74) is 1.55. The molecule has 1 saturated heterocycles. The van der Waals surface area contributed by atoms with Gasteiger partial charge in [0.15, 0.2) is 0 Å². The van der Waals surface area contributed by atoms with Gasteiger partial charge in [0.1, 0.15) is 23.3 Å². The Kier molecular flexibility index (Phi) is 10.1. The normalized spacial score (nSPS) is 18.0. The molecule has 1 fully saturated rings. The van der Waals surface area contributed by atoms with Crippen molar-refractivity contribution in [2.75, 3.05) is 27.4 Å². The molecule has 1 heterocycles. The zero-order valence-electron chi connectivity index (χ0n) is 20.9. The number of rotatable bonds is 12. The lowest BCUT2D eigenvalue weighted by Crippen LogP contribution is -2.56. The number of carbonyl (C=O) groups is 2. The first kappa shape index (κ1) is 28.2. The van der Waals surface area contributed by atoms with E-state index in [1.165, 1.54) is 31.4 Å². The van der Waals surface area contributed by atoms with Crippen molar-refractivity contribution in [3.63, 3.8) is 0 Å². The molecule has 0 saturated carbocycles. The van der Waals surface area contributed by atoms with Crippen LogP contribution in [0.15, 0.2) is 53.4 Å². The quantitative estimate of drug-likeness (QED) is 0.213. The summed E-state index contributed by atoms with van der Waals surface area (Å²) in [6.07, 6.45) is 1.92. The maximum Gasteiger partial charge on any atom is 0.261 e. The van der Waals surface area contributed by atoms with E-state index >= 15 is 0 Å². The molecule has 2 atom stereocenters. The fraction of sp³-hybridized carbons (Fsp3) is 0.440. The molecule has 0 aliphatic carbocycles. The predicted molar refractivity (Wildman–Crippen MR) is 134 cm³/mol. The van der Waals surface area contributed by atoms with Crippen LogP contribution >= 0.6 is 0 Å². The van der Waals surface area contributed by atoms with Crippen LogP contribution in [0.2, 0.25) is 0 Å². The number of ether oxygens (including phenoxy) is 3. The average Bonchev–Trinajstić information content (AvgIpc) is 2.92. The van der Waals surface area contributed by atoms with Crippen LogP contribution in [-0.2, 0) is 19.6 Å². The standard InChI is InChI=1S/C25H33N3O8S/c1-34-19-6-8-21(9-7-19)36-16-4-3-5-24(29)26-18-14-15-28(23(17-18)25(30)27-31)37(32,33)22-12-10-20(35-2)11-13-22/h6-13,18,23,31H,3-5,14-17H2,1-2H3,(H,26,29)(H,27,30). The van der Waals surface area contributed by atoms with Gasteiger partial charge in [-0.25, -0.2) is 13.9 Å². The molecule has 2 aromatic carbocycles. The van der Waals surface area contributed by atoms with E-state index in [0.717, 1.165) is 15.8 Å². The number of hydrogen-bond acceptors (Lipinski definition) is 8. The number of hydrogen-bond donors (Lipinski definition) is 3. The van der Waals surface area contributed by atoms with Gasteiger partial charge in [-0.15, -0.1) is 0 Å². The number of carbonyl (C=O) groups excluding carboxylic acids is 2. The molecule has 2 amide bonds. The van der Waals surface area contributed by atoms with Crippen molar-refractivity contribution in [1.82, 2.24) is 15.1 Å². The van der Waals surface area contributed by atoms with Gasteiger partial charge in [0.2, 0.25) is 15.9 Å². The van der Waals surface area contributed by atoms with Gasteiger partial charge in [-0.3, -0.25) is 14.8 Å². The number of hydroxylamine groups is 1. The lowest BCUT2D eigenvalue weighted by molar-refractivity contribution is -0.135. The topological polar surface area (TPSA) is 144 Å². The minimum atomic E-state index is -4.02. The van der Waals surface area contributed by atoms with Gasteiger partial charge >= 0.3 is 0 Å². The molecule has 0 spiro atoms. The summed E-state index contributed by atoms with van der Waals surface area (Å²) < 4.78 is 43.3. The van der Waals surface area contributed by atoms with Crippen molar-refractivity contribution in [3.05, 3.63) is 48.5 Å². The van der Waals surface area contributed by atoms with Gasteiger partial charge in [-0.05, 0) is 74.2 Å². The lowest BCUT2D eigenvalue weighted by Gasteiger charge is -2.37. The van der Waals surface area contributed by atoms with E-state index in [9.17, 15) is 23.2 Å². The van der Waals surface area contributed by atoms with Crippen molar-refractivity contribution in [2.24, 2.45) is 0 Å². The Bertz CT molecular complexity index is 1140. The van der Waals surface area contributed by atoms with Crippen LogP contribution in [0, 0.1) is 0 Å². The van der Waals surface area contributed by atoms with E-state index in [1.807, 2.05) is 12.1 Å². The third-order valence-electron chi connectivity index (χ3n) is 6.12. The second-order valence-electron chi connectivity index (χ2n) is 8.55. The molecule has 202 valence electrons. The van der Waals surface area contributed by atoms with E-state index in [2.05, 4.69) is 5.32 Å².